The van der Waals surface area contributed by atoms with Gasteiger partial charge in [-0.05, 0) is 40.0 Å². The number of aromatic nitrogens is 1. The minimum atomic E-state index is -0.0458. The second-order valence-electron chi connectivity index (χ2n) is 5.25. The van der Waals surface area contributed by atoms with Crippen molar-refractivity contribution in [3.8, 4) is 0 Å². The summed E-state index contributed by atoms with van der Waals surface area (Å²) in [6, 6.07) is 5.48. The predicted molar refractivity (Wildman–Crippen MR) is 90.6 cm³/mol. The number of nitrogen functional groups attached to an aromatic ring is 1. The second kappa shape index (κ2) is 6.58. The fraction of sp³-hybridized carbons (Fsp3) is 0.333. The normalized spacial score (nSPS) is 10.9. The smallest absolute Gasteiger partial charge is 0.254 e. The van der Waals surface area contributed by atoms with E-state index in [0.29, 0.717) is 17.9 Å². The third-order valence-electron chi connectivity index (χ3n) is 3.06. The van der Waals surface area contributed by atoms with E-state index in [1.807, 2.05) is 31.4 Å². The molecule has 0 radical (unpaired) electrons. The Morgan fingerprint density at radius 2 is 2.14 bits per heavy atom. The molecule has 2 aromatic rings. The molecular formula is C15H18BrN3OS. The standard InChI is InChI=1S/C15H18BrN3OS/c1-9(2)13-4-10(5-14(17)18-13)15(20)19(3)7-12-6-11(16)8-21-12/h4-6,8-9H,7H2,1-3H3,(H2,17,18). The van der Waals surface area contributed by atoms with Gasteiger partial charge in [-0.3, -0.25) is 4.79 Å². The van der Waals surface area contributed by atoms with Crippen LogP contribution in [-0.2, 0) is 6.54 Å². The molecule has 0 fully saturated rings. The maximum atomic E-state index is 12.5. The molecule has 1 amide bonds. The van der Waals surface area contributed by atoms with E-state index >= 15 is 0 Å². The van der Waals surface area contributed by atoms with Gasteiger partial charge < -0.3 is 10.6 Å². The van der Waals surface area contributed by atoms with Crippen LogP contribution in [0.15, 0.2) is 28.1 Å². The van der Waals surface area contributed by atoms with E-state index in [0.717, 1.165) is 15.0 Å². The molecule has 2 rings (SSSR count). The summed E-state index contributed by atoms with van der Waals surface area (Å²) in [7, 11) is 1.79. The van der Waals surface area contributed by atoms with Gasteiger partial charge in [0.1, 0.15) is 5.82 Å². The summed E-state index contributed by atoms with van der Waals surface area (Å²) in [6.45, 7) is 4.64. The summed E-state index contributed by atoms with van der Waals surface area (Å²) < 4.78 is 1.04. The van der Waals surface area contributed by atoms with Gasteiger partial charge in [-0.2, -0.15) is 0 Å². The summed E-state index contributed by atoms with van der Waals surface area (Å²) >= 11 is 5.05. The second-order valence-corrected chi connectivity index (χ2v) is 7.16. The average Bonchev–Trinajstić information content (AvgIpc) is 2.82. The first kappa shape index (κ1) is 16.0. The molecule has 0 bridgehead atoms. The number of hydrogen-bond donors (Lipinski definition) is 1. The van der Waals surface area contributed by atoms with Crippen LogP contribution >= 0.6 is 27.3 Å². The number of carbonyl (C=O) groups excluding carboxylic acids is 1. The number of rotatable bonds is 4. The zero-order chi connectivity index (χ0) is 15.6. The lowest BCUT2D eigenvalue weighted by Gasteiger charge is -2.17. The van der Waals surface area contributed by atoms with Crippen molar-refractivity contribution in [3.63, 3.8) is 0 Å². The monoisotopic (exact) mass is 367 g/mol. The Morgan fingerprint density at radius 3 is 2.71 bits per heavy atom. The minimum absolute atomic E-state index is 0.0458. The molecule has 0 spiro atoms. The molecule has 2 heterocycles. The molecule has 21 heavy (non-hydrogen) atoms. The van der Waals surface area contributed by atoms with Crippen molar-refractivity contribution in [1.82, 2.24) is 9.88 Å². The highest BCUT2D eigenvalue weighted by molar-refractivity contribution is 9.10. The number of carbonyl (C=O) groups is 1. The molecule has 0 aliphatic rings. The molecule has 4 nitrogen and oxygen atoms in total. The van der Waals surface area contributed by atoms with Crippen LogP contribution in [0.5, 0.6) is 0 Å². The van der Waals surface area contributed by atoms with E-state index in [4.69, 9.17) is 5.73 Å². The fourth-order valence-electron chi connectivity index (χ4n) is 1.96. The quantitative estimate of drug-likeness (QED) is 0.891. The number of thiophene rings is 1. The van der Waals surface area contributed by atoms with E-state index in [9.17, 15) is 4.79 Å². The van der Waals surface area contributed by atoms with Crippen molar-refractivity contribution in [2.45, 2.75) is 26.3 Å². The predicted octanol–water partition coefficient (Wildman–Crippen LogP) is 3.88. The van der Waals surface area contributed by atoms with Gasteiger partial charge in [-0.1, -0.05) is 13.8 Å². The van der Waals surface area contributed by atoms with Crippen molar-refractivity contribution in [2.75, 3.05) is 12.8 Å². The van der Waals surface area contributed by atoms with Crippen LogP contribution in [-0.4, -0.2) is 22.8 Å². The van der Waals surface area contributed by atoms with E-state index in [1.165, 1.54) is 0 Å². The van der Waals surface area contributed by atoms with Crippen molar-refractivity contribution < 1.29 is 4.79 Å². The van der Waals surface area contributed by atoms with Gasteiger partial charge in [-0.15, -0.1) is 11.3 Å². The summed E-state index contributed by atoms with van der Waals surface area (Å²) in [4.78, 5) is 19.6. The van der Waals surface area contributed by atoms with Gasteiger partial charge in [0.25, 0.3) is 5.91 Å². The van der Waals surface area contributed by atoms with E-state index in [-0.39, 0.29) is 11.8 Å². The van der Waals surface area contributed by atoms with Crippen molar-refractivity contribution in [3.05, 3.63) is 44.2 Å². The van der Waals surface area contributed by atoms with E-state index in [2.05, 4.69) is 20.9 Å². The van der Waals surface area contributed by atoms with Crippen LogP contribution in [0, 0.1) is 0 Å². The molecule has 0 aromatic carbocycles. The van der Waals surface area contributed by atoms with Crippen LogP contribution < -0.4 is 5.73 Å². The summed E-state index contributed by atoms with van der Waals surface area (Å²) in [5.41, 5.74) is 7.23. The number of amides is 1. The maximum absolute atomic E-state index is 12.5. The Morgan fingerprint density at radius 1 is 1.43 bits per heavy atom. The van der Waals surface area contributed by atoms with Crippen LogP contribution in [0.1, 0.15) is 40.7 Å². The minimum Gasteiger partial charge on any atom is -0.384 e. The van der Waals surface area contributed by atoms with Gasteiger partial charge in [-0.25, -0.2) is 4.98 Å². The third kappa shape index (κ3) is 4.04. The molecule has 0 aliphatic heterocycles. The number of nitrogens with two attached hydrogens (primary N) is 1. The lowest BCUT2D eigenvalue weighted by atomic mass is 10.1. The Kier molecular flexibility index (Phi) is 5.00. The lowest BCUT2D eigenvalue weighted by Crippen LogP contribution is -2.26. The average molecular weight is 368 g/mol. The first-order valence-electron chi connectivity index (χ1n) is 6.62. The van der Waals surface area contributed by atoms with Crippen LogP contribution in [0.3, 0.4) is 0 Å². The van der Waals surface area contributed by atoms with Gasteiger partial charge in [0, 0.05) is 33.0 Å². The van der Waals surface area contributed by atoms with Gasteiger partial charge >= 0.3 is 0 Å². The van der Waals surface area contributed by atoms with Crippen LogP contribution in [0.2, 0.25) is 0 Å². The topological polar surface area (TPSA) is 59.2 Å². The molecule has 0 saturated carbocycles. The summed E-state index contributed by atoms with van der Waals surface area (Å²) in [5.74, 6) is 0.575. The number of hydrogen-bond acceptors (Lipinski definition) is 4. The molecule has 2 N–H and O–H groups in total. The molecule has 0 unspecified atom stereocenters. The van der Waals surface area contributed by atoms with Crippen LogP contribution in [0.4, 0.5) is 5.82 Å². The van der Waals surface area contributed by atoms with E-state index in [1.54, 1.807) is 29.4 Å². The molecule has 112 valence electrons. The highest BCUT2D eigenvalue weighted by atomic mass is 79.9. The zero-order valence-electron chi connectivity index (χ0n) is 12.3. The SMILES string of the molecule is CC(C)c1cc(C(=O)N(C)Cc2cc(Br)cs2)cc(N)n1. The number of halogens is 1. The Hall–Kier alpha value is -1.40. The third-order valence-corrected chi connectivity index (χ3v) is 4.75. The lowest BCUT2D eigenvalue weighted by molar-refractivity contribution is 0.0786. The molecule has 0 saturated heterocycles. The van der Waals surface area contributed by atoms with Crippen LogP contribution in [0.25, 0.3) is 0 Å². The molecule has 2 aromatic heterocycles. The number of anilines is 1. The van der Waals surface area contributed by atoms with Crippen molar-refractivity contribution >= 4 is 39.0 Å². The summed E-state index contributed by atoms with van der Waals surface area (Å²) in [5, 5.41) is 2.01. The molecule has 0 atom stereocenters. The van der Waals surface area contributed by atoms with Crippen molar-refractivity contribution in [1.29, 1.82) is 0 Å². The Balaban J connectivity index is 2.19. The summed E-state index contributed by atoms with van der Waals surface area (Å²) in [6.07, 6.45) is 0. The number of pyridine rings is 1. The zero-order valence-corrected chi connectivity index (χ0v) is 14.7. The molecule has 6 heteroatoms. The maximum Gasteiger partial charge on any atom is 0.254 e. The van der Waals surface area contributed by atoms with E-state index < -0.39 is 0 Å². The number of nitrogens with zero attached hydrogens (tertiary/aromatic N) is 2. The van der Waals surface area contributed by atoms with Crippen molar-refractivity contribution in [2.24, 2.45) is 0 Å². The highest BCUT2D eigenvalue weighted by Crippen LogP contribution is 2.22. The Bertz CT molecular complexity index is 654. The highest BCUT2D eigenvalue weighted by Gasteiger charge is 2.15. The van der Waals surface area contributed by atoms with Gasteiger partial charge in [0.05, 0.1) is 6.54 Å². The fourth-order valence-corrected chi connectivity index (χ4v) is 3.46. The van der Waals surface area contributed by atoms with Gasteiger partial charge in [0.15, 0.2) is 0 Å². The van der Waals surface area contributed by atoms with Gasteiger partial charge in [0.2, 0.25) is 0 Å². The largest absolute Gasteiger partial charge is 0.384 e. The molecule has 0 aliphatic carbocycles. The first-order valence-corrected chi connectivity index (χ1v) is 8.30. The first-order chi connectivity index (χ1) is 9.86. The molecular weight excluding hydrogens is 350 g/mol. The Labute approximate surface area is 137 Å².